The molecule has 136 valence electrons. The molecule has 0 atom stereocenters. The Morgan fingerprint density at radius 3 is 2.62 bits per heavy atom. The molecule has 0 saturated carbocycles. The van der Waals surface area contributed by atoms with Crippen LogP contribution in [0.5, 0.6) is 11.5 Å². The number of aryl methyl sites for hydroxylation is 1. The van der Waals surface area contributed by atoms with E-state index in [1.165, 1.54) is 7.11 Å². The summed E-state index contributed by atoms with van der Waals surface area (Å²) in [7, 11) is 1.54. The van der Waals surface area contributed by atoms with Crippen molar-refractivity contribution in [2.45, 2.75) is 12.8 Å². The van der Waals surface area contributed by atoms with E-state index in [4.69, 9.17) is 9.47 Å². The molecule has 2 aromatic carbocycles. The van der Waals surface area contributed by atoms with Crippen LogP contribution in [0.4, 0.5) is 5.69 Å². The molecule has 6 heteroatoms. The first-order chi connectivity index (χ1) is 12.7. The molecule has 0 unspecified atom stereocenters. The van der Waals surface area contributed by atoms with Crippen molar-refractivity contribution in [1.29, 1.82) is 0 Å². The number of nitrogens with one attached hydrogen (secondary N) is 1. The van der Waals surface area contributed by atoms with Gasteiger partial charge in [-0.05, 0) is 36.6 Å². The van der Waals surface area contributed by atoms with Crippen molar-refractivity contribution in [2.75, 3.05) is 31.7 Å². The van der Waals surface area contributed by atoms with Gasteiger partial charge in [0.15, 0.2) is 18.1 Å². The predicted octanol–water partition coefficient (Wildman–Crippen LogP) is 2.17. The standard InChI is InChI=1S/C20H22N2O4/c1-25-17-10-4-5-11-18(17)26-14-19(23)21-13-20(24)22-12-6-8-15-7-2-3-9-16(15)22/h2-5,7,9-11H,6,8,12-14H2,1H3,(H,21,23). The summed E-state index contributed by atoms with van der Waals surface area (Å²) >= 11 is 0. The van der Waals surface area contributed by atoms with Crippen molar-refractivity contribution in [3.05, 3.63) is 54.1 Å². The molecule has 26 heavy (non-hydrogen) atoms. The van der Waals surface area contributed by atoms with Crippen LogP contribution in [0.2, 0.25) is 0 Å². The van der Waals surface area contributed by atoms with Gasteiger partial charge in [-0.3, -0.25) is 9.59 Å². The molecule has 1 heterocycles. The van der Waals surface area contributed by atoms with Crippen molar-refractivity contribution >= 4 is 17.5 Å². The molecule has 0 radical (unpaired) electrons. The molecule has 0 aliphatic carbocycles. The van der Waals surface area contributed by atoms with Crippen LogP contribution in [0.15, 0.2) is 48.5 Å². The summed E-state index contributed by atoms with van der Waals surface area (Å²) in [6.45, 7) is 0.441. The van der Waals surface area contributed by atoms with Gasteiger partial charge in [0.2, 0.25) is 5.91 Å². The zero-order valence-electron chi connectivity index (χ0n) is 14.7. The van der Waals surface area contributed by atoms with Crippen molar-refractivity contribution in [1.82, 2.24) is 5.32 Å². The molecular formula is C20H22N2O4. The Kier molecular flexibility index (Phi) is 5.73. The van der Waals surface area contributed by atoms with E-state index in [1.54, 1.807) is 23.1 Å². The van der Waals surface area contributed by atoms with Gasteiger partial charge in [0.05, 0.1) is 13.7 Å². The lowest BCUT2D eigenvalue weighted by molar-refractivity contribution is -0.126. The second-order valence-corrected chi connectivity index (χ2v) is 5.99. The SMILES string of the molecule is COc1ccccc1OCC(=O)NCC(=O)N1CCCc2ccccc21. The van der Waals surface area contributed by atoms with Crippen LogP contribution in [0.1, 0.15) is 12.0 Å². The highest BCUT2D eigenvalue weighted by Gasteiger charge is 2.22. The fourth-order valence-electron chi connectivity index (χ4n) is 2.99. The summed E-state index contributed by atoms with van der Waals surface area (Å²) in [4.78, 5) is 26.2. The largest absolute Gasteiger partial charge is 0.493 e. The summed E-state index contributed by atoms with van der Waals surface area (Å²) < 4.78 is 10.6. The third-order valence-corrected chi connectivity index (χ3v) is 4.28. The Hall–Kier alpha value is -3.02. The zero-order valence-corrected chi connectivity index (χ0v) is 14.7. The Bertz CT molecular complexity index is 791. The van der Waals surface area contributed by atoms with Crippen LogP contribution in [0, 0.1) is 0 Å². The van der Waals surface area contributed by atoms with Crippen molar-refractivity contribution < 1.29 is 19.1 Å². The second-order valence-electron chi connectivity index (χ2n) is 5.99. The zero-order chi connectivity index (χ0) is 18.4. The number of anilines is 1. The molecule has 0 spiro atoms. The number of para-hydroxylation sites is 3. The quantitative estimate of drug-likeness (QED) is 0.863. The molecule has 0 fully saturated rings. The van der Waals surface area contributed by atoms with Crippen LogP contribution in [0.3, 0.4) is 0 Å². The van der Waals surface area contributed by atoms with Crippen LogP contribution >= 0.6 is 0 Å². The van der Waals surface area contributed by atoms with Crippen molar-refractivity contribution in [3.63, 3.8) is 0 Å². The minimum atomic E-state index is -0.352. The maximum atomic E-state index is 12.5. The fourth-order valence-corrected chi connectivity index (χ4v) is 2.99. The van der Waals surface area contributed by atoms with Crippen LogP contribution < -0.4 is 19.7 Å². The Morgan fingerprint density at radius 1 is 1.08 bits per heavy atom. The van der Waals surface area contributed by atoms with Gasteiger partial charge in [-0.25, -0.2) is 0 Å². The minimum Gasteiger partial charge on any atom is -0.493 e. The molecule has 0 saturated heterocycles. The molecule has 2 amide bonds. The second kappa shape index (κ2) is 8.38. The van der Waals surface area contributed by atoms with E-state index < -0.39 is 0 Å². The average Bonchev–Trinajstić information content (AvgIpc) is 2.70. The van der Waals surface area contributed by atoms with Crippen molar-refractivity contribution in [3.8, 4) is 11.5 Å². The highest BCUT2D eigenvalue weighted by atomic mass is 16.5. The number of ether oxygens (including phenoxy) is 2. The molecule has 1 N–H and O–H groups in total. The summed E-state index contributed by atoms with van der Waals surface area (Å²) in [6.07, 6.45) is 1.90. The normalized spacial score (nSPS) is 12.9. The number of nitrogens with zero attached hydrogens (tertiary/aromatic N) is 1. The van der Waals surface area contributed by atoms with E-state index in [0.717, 1.165) is 24.1 Å². The monoisotopic (exact) mass is 354 g/mol. The first kappa shape index (κ1) is 17.8. The van der Waals surface area contributed by atoms with E-state index in [0.29, 0.717) is 18.0 Å². The Labute approximate surface area is 152 Å². The lowest BCUT2D eigenvalue weighted by Crippen LogP contribution is -2.43. The molecule has 0 aromatic heterocycles. The minimum absolute atomic E-state index is 0.0531. The lowest BCUT2D eigenvalue weighted by Gasteiger charge is -2.29. The molecule has 6 nitrogen and oxygen atoms in total. The summed E-state index contributed by atoms with van der Waals surface area (Å²) in [5.41, 5.74) is 2.10. The van der Waals surface area contributed by atoms with E-state index in [1.807, 2.05) is 30.3 Å². The number of hydrogen-bond acceptors (Lipinski definition) is 4. The molecule has 2 aromatic rings. The number of carbonyl (C=O) groups excluding carboxylic acids is 2. The van der Waals surface area contributed by atoms with E-state index in [2.05, 4.69) is 5.32 Å². The van der Waals surface area contributed by atoms with Gasteiger partial charge in [-0.2, -0.15) is 0 Å². The number of rotatable bonds is 6. The van der Waals surface area contributed by atoms with Gasteiger partial charge in [-0.1, -0.05) is 30.3 Å². The maximum absolute atomic E-state index is 12.5. The summed E-state index contributed by atoms with van der Waals surface area (Å²) in [5.74, 6) is 0.570. The Balaban J connectivity index is 1.51. The highest BCUT2D eigenvalue weighted by Crippen LogP contribution is 2.27. The molecule has 0 bridgehead atoms. The van der Waals surface area contributed by atoms with E-state index in [-0.39, 0.29) is 25.0 Å². The summed E-state index contributed by atoms with van der Waals surface area (Å²) in [6, 6.07) is 15.0. The maximum Gasteiger partial charge on any atom is 0.258 e. The molecule has 1 aliphatic heterocycles. The number of benzene rings is 2. The third-order valence-electron chi connectivity index (χ3n) is 4.28. The van der Waals surface area contributed by atoms with E-state index >= 15 is 0 Å². The van der Waals surface area contributed by atoms with Crippen LogP contribution in [-0.2, 0) is 16.0 Å². The van der Waals surface area contributed by atoms with E-state index in [9.17, 15) is 9.59 Å². The number of fused-ring (bicyclic) bond motifs is 1. The fraction of sp³-hybridized carbons (Fsp3) is 0.300. The van der Waals surface area contributed by atoms with Crippen LogP contribution in [0.25, 0.3) is 0 Å². The number of carbonyl (C=O) groups is 2. The Morgan fingerprint density at radius 2 is 1.81 bits per heavy atom. The average molecular weight is 354 g/mol. The predicted molar refractivity (Wildman–Crippen MR) is 98.6 cm³/mol. The summed E-state index contributed by atoms with van der Waals surface area (Å²) in [5, 5.41) is 2.62. The molecule has 3 rings (SSSR count). The number of amides is 2. The van der Waals surface area contributed by atoms with Gasteiger partial charge in [-0.15, -0.1) is 0 Å². The van der Waals surface area contributed by atoms with Crippen molar-refractivity contribution in [2.24, 2.45) is 0 Å². The third kappa shape index (κ3) is 4.14. The lowest BCUT2D eigenvalue weighted by atomic mass is 10.0. The topological polar surface area (TPSA) is 67.9 Å². The smallest absolute Gasteiger partial charge is 0.258 e. The number of hydrogen-bond donors (Lipinski definition) is 1. The molecule has 1 aliphatic rings. The number of methoxy groups -OCH3 is 1. The van der Waals surface area contributed by atoms with Crippen LogP contribution in [-0.4, -0.2) is 38.6 Å². The first-order valence-corrected chi connectivity index (χ1v) is 8.60. The highest BCUT2D eigenvalue weighted by molar-refractivity contribution is 5.97. The van der Waals surface area contributed by atoms with Gasteiger partial charge in [0.1, 0.15) is 0 Å². The molecular weight excluding hydrogens is 332 g/mol. The van der Waals surface area contributed by atoms with Gasteiger partial charge >= 0.3 is 0 Å². The van der Waals surface area contributed by atoms with Gasteiger partial charge in [0, 0.05) is 12.2 Å². The van der Waals surface area contributed by atoms with Gasteiger partial charge in [0.25, 0.3) is 5.91 Å². The first-order valence-electron chi connectivity index (χ1n) is 8.60. The van der Waals surface area contributed by atoms with Gasteiger partial charge < -0.3 is 19.7 Å².